The summed E-state index contributed by atoms with van der Waals surface area (Å²) in [5.41, 5.74) is 9.04. The van der Waals surface area contributed by atoms with Gasteiger partial charge in [0.2, 0.25) is 0 Å². The molecule has 1 aromatic carbocycles. The highest BCUT2D eigenvalue weighted by Gasteiger charge is 2.02. The molecule has 0 spiro atoms. The molecule has 0 atom stereocenters. The van der Waals surface area contributed by atoms with Gasteiger partial charge in [0.15, 0.2) is 0 Å². The molecule has 0 aliphatic rings. The minimum absolute atomic E-state index is 0.223. The van der Waals surface area contributed by atoms with Crippen molar-refractivity contribution >= 4 is 5.71 Å². The van der Waals surface area contributed by atoms with Crippen LogP contribution in [-0.2, 0) is 6.54 Å². The third-order valence-electron chi connectivity index (χ3n) is 3.05. The van der Waals surface area contributed by atoms with E-state index in [9.17, 15) is 4.39 Å². The molecule has 2 nitrogen and oxygen atoms in total. The summed E-state index contributed by atoms with van der Waals surface area (Å²) in [6.07, 6.45) is 4.50. The van der Waals surface area contributed by atoms with Gasteiger partial charge in [0.05, 0.1) is 6.54 Å². The fraction of sp³-hybridized carbons (Fsp3) is 0.353. The van der Waals surface area contributed by atoms with Crippen LogP contribution < -0.4 is 5.73 Å². The number of rotatable bonds is 7. The Morgan fingerprint density at radius 2 is 2.05 bits per heavy atom. The van der Waals surface area contributed by atoms with Gasteiger partial charge >= 0.3 is 0 Å². The Balaban J connectivity index is 2.80. The summed E-state index contributed by atoms with van der Waals surface area (Å²) in [5.74, 6) is -0.223. The molecular formula is C17H23FN2. The highest BCUT2D eigenvalue weighted by atomic mass is 19.1. The summed E-state index contributed by atoms with van der Waals surface area (Å²) >= 11 is 0. The topological polar surface area (TPSA) is 38.4 Å². The second-order valence-corrected chi connectivity index (χ2v) is 4.71. The molecule has 1 aromatic rings. The molecule has 0 aliphatic carbocycles. The van der Waals surface area contributed by atoms with Gasteiger partial charge in [0.25, 0.3) is 0 Å². The third kappa shape index (κ3) is 5.00. The Kier molecular flexibility index (Phi) is 6.71. The van der Waals surface area contributed by atoms with Crippen LogP contribution in [0.15, 0.2) is 53.2 Å². The van der Waals surface area contributed by atoms with E-state index in [4.69, 9.17) is 5.73 Å². The second-order valence-electron chi connectivity index (χ2n) is 4.71. The van der Waals surface area contributed by atoms with Crippen molar-refractivity contribution in [2.24, 2.45) is 10.7 Å². The van der Waals surface area contributed by atoms with E-state index in [1.807, 2.05) is 19.1 Å². The van der Waals surface area contributed by atoms with Crippen LogP contribution in [0.5, 0.6) is 0 Å². The van der Waals surface area contributed by atoms with Crippen LogP contribution in [0, 0.1) is 5.82 Å². The third-order valence-corrected chi connectivity index (χ3v) is 3.05. The zero-order valence-electron chi connectivity index (χ0n) is 12.3. The Morgan fingerprint density at radius 1 is 1.35 bits per heavy atom. The van der Waals surface area contributed by atoms with Gasteiger partial charge in [-0.15, -0.1) is 0 Å². The molecule has 0 aliphatic heterocycles. The zero-order chi connectivity index (χ0) is 15.0. The number of aliphatic imine (C=N–C) groups is 1. The van der Waals surface area contributed by atoms with E-state index in [0.717, 1.165) is 30.5 Å². The van der Waals surface area contributed by atoms with Crippen molar-refractivity contribution in [3.05, 3.63) is 59.6 Å². The van der Waals surface area contributed by atoms with Crippen molar-refractivity contribution in [3.63, 3.8) is 0 Å². The lowest BCUT2D eigenvalue weighted by Crippen LogP contribution is -2.05. The average Bonchev–Trinajstić information content (AvgIpc) is 2.44. The van der Waals surface area contributed by atoms with Gasteiger partial charge in [-0.1, -0.05) is 45.0 Å². The van der Waals surface area contributed by atoms with Crippen molar-refractivity contribution < 1.29 is 4.39 Å². The molecule has 108 valence electrons. The summed E-state index contributed by atoms with van der Waals surface area (Å²) in [4.78, 5) is 4.43. The summed E-state index contributed by atoms with van der Waals surface area (Å²) in [6, 6.07) is 6.68. The van der Waals surface area contributed by atoms with Crippen LogP contribution in [0.25, 0.3) is 0 Å². The maximum absolute atomic E-state index is 13.5. The van der Waals surface area contributed by atoms with Gasteiger partial charge in [-0.05, 0) is 30.6 Å². The summed E-state index contributed by atoms with van der Waals surface area (Å²) < 4.78 is 13.5. The van der Waals surface area contributed by atoms with Crippen LogP contribution in [-0.4, -0.2) is 5.71 Å². The molecule has 3 heteroatoms. The lowest BCUT2D eigenvalue weighted by Gasteiger charge is -2.06. The molecule has 0 heterocycles. The maximum atomic E-state index is 13.5. The molecule has 1 rings (SSSR count). The molecule has 0 bridgehead atoms. The fourth-order valence-electron chi connectivity index (χ4n) is 1.80. The number of hydrogen-bond acceptors (Lipinski definition) is 2. The number of halogens is 1. The van der Waals surface area contributed by atoms with Crippen molar-refractivity contribution in [1.82, 2.24) is 0 Å². The number of nitrogens with zero attached hydrogens (tertiary/aromatic N) is 1. The Bertz CT molecular complexity index is 515. The number of hydrogen-bond donors (Lipinski definition) is 1. The lowest BCUT2D eigenvalue weighted by molar-refractivity contribution is 0.611. The van der Waals surface area contributed by atoms with E-state index in [-0.39, 0.29) is 5.82 Å². The smallest absolute Gasteiger partial charge is 0.128 e. The fourth-order valence-corrected chi connectivity index (χ4v) is 1.80. The molecule has 0 fully saturated rings. The predicted molar refractivity (Wildman–Crippen MR) is 84.1 cm³/mol. The summed E-state index contributed by atoms with van der Waals surface area (Å²) in [5, 5.41) is 0. The minimum atomic E-state index is -0.223. The van der Waals surface area contributed by atoms with Gasteiger partial charge in [-0.3, -0.25) is 4.99 Å². The Labute approximate surface area is 120 Å². The van der Waals surface area contributed by atoms with Crippen molar-refractivity contribution in [2.45, 2.75) is 39.7 Å². The van der Waals surface area contributed by atoms with Gasteiger partial charge in [-0.2, -0.15) is 0 Å². The van der Waals surface area contributed by atoms with Crippen LogP contribution >= 0.6 is 0 Å². The molecule has 0 amide bonds. The molecule has 20 heavy (non-hydrogen) atoms. The van der Waals surface area contributed by atoms with Crippen LogP contribution in [0.2, 0.25) is 0 Å². The van der Waals surface area contributed by atoms with Gasteiger partial charge in [0, 0.05) is 17.0 Å². The van der Waals surface area contributed by atoms with Crippen molar-refractivity contribution in [1.29, 1.82) is 0 Å². The van der Waals surface area contributed by atoms with E-state index in [0.29, 0.717) is 17.8 Å². The average molecular weight is 274 g/mol. The Hall–Kier alpha value is -1.90. The molecular weight excluding hydrogens is 251 g/mol. The monoisotopic (exact) mass is 274 g/mol. The number of nitrogens with two attached hydrogens (primary N) is 1. The van der Waals surface area contributed by atoms with E-state index in [1.165, 1.54) is 6.07 Å². The van der Waals surface area contributed by atoms with Crippen molar-refractivity contribution in [3.8, 4) is 0 Å². The largest absolute Gasteiger partial charge is 0.398 e. The molecule has 0 aromatic heterocycles. The van der Waals surface area contributed by atoms with E-state index >= 15 is 0 Å². The lowest BCUT2D eigenvalue weighted by atomic mass is 10.1. The van der Waals surface area contributed by atoms with Crippen LogP contribution in [0.3, 0.4) is 0 Å². The maximum Gasteiger partial charge on any atom is 0.128 e. The first-order valence-electron chi connectivity index (χ1n) is 7.00. The number of benzene rings is 1. The number of allylic oxidation sites excluding steroid dienone is 2. The molecule has 0 saturated heterocycles. The van der Waals surface area contributed by atoms with E-state index in [1.54, 1.807) is 12.1 Å². The molecule has 0 radical (unpaired) electrons. The minimum Gasteiger partial charge on any atom is -0.398 e. The first-order valence-corrected chi connectivity index (χ1v) is 7.00. The summed E-state index contributed by atoms with van der Waals surface area (Å²) in [7, 11) is 0. The SMILES string of the molecule is C=C(CCC)C(N)=CC(CC)=NCc1ccccc1F. The van der Waals surface area contributed by atoms with Crippen molar-refractivity contribution in [2.75, 3.05) is 0 Å². The quantitative estimate of drug-likeness (QED) is 0.581. The standard InChI is InChI=1S/C17H23FN2/c1-4-8-13(3)17(19)11-15(5-2)20-12-14-9-6-7-10-16(14)18/h6-7,9-11H,3-5,8,12,19H2,1-2H3. The van der Waals surface area contributed by atoms with Gasteiger partial charge in [-0.25, -0.2) is 4.39 Å². The first kappa shape index (κ1) is 16.2. The molecule has 0 unspecified atom stereocenters. The van der Waals surface area contributed by atoms with Crippen LogP contribution in [0.1, 0.15) is 38.7 Å². The predicted octanol–water partition coefficient (Wildman–Crippen LogP) is 4.38. The van der Waals surface area contributed by atoms with Gasteiger partial charge in [0.1, 0.15) is 5.82 Å². The van der Waals surface area contributed by atoms with Crippen LogP contribution in [0.4, 0.5) is 4.39 Å². The normalized spacial score (nSPS) is 12.6. The highest BCUT2D eigenvalue weighted by molar-refractivity contribution is 5.95. The second kappa shape index (κ2) is 8.31. The molecule has 0 saturated carbocycles. The molecule has 2 N–H and O–H groups in total. The van der Waals surface area contributed by atoms with E-state index in [2.05, 4.69) is 18.5 Å². The Morgan fingerprint density at radius 3 is 2.65 bits per heavy atom. The first-order chi connectivity index (χ1) is 9.58. The highest BCUT2D eigenvalue weighted by Crippen LogP contribution is 2.11. The van der Waals surface area contributed by atoms with E-state index < -0.39 is 0 Å². The zero-order valence-corrected chi connectivity index (χ0v) is 12.3. The summed E-state index contributed by atoms with van der Waals surface area (Å²) in [6.45, 7) is 8.38. The van der Waals surface area contributed by atoms with Gasteiger partial charge < -0.3 is 5.73 Å².